The Morgan fingerprint density at radius 1 is 0.783 bits per heavy atom. The van der Waals surface area contributed by atoms with Crippen molar-refractivity contribution in [3.63, 3.8) is 0 Å². The molecule has 0 aliphatic rings. The van der Waals surface area contributed by atoms with Crippen molar-refractivity contribution in [1.82, 2.24) is 0 Å². The second-order valence-corrected chi connectivity index (χ2v) is 4.38. The van der Waals surface area contributed by atoms with Gasteiger partial charge in [-0.3, -0.25) is 0 Å². The molecule has 7 heteroatoms. The minimum atomic E-state index is -4.70. The van der Waals surface area contributed by atoms with Crippen LogP contribution in [0.5, 0.6) is 11.5 Å². The molecule has 0 saturated carbocycles. The van der Waals surface area contributed by atoms with Crippen molar-refractivity contribution in [2.75, 3.05) is 7.11 Å². The molecule has 2 rings (SSSR count). The first kappa shape index (κ1) is 16.5. The Balaban J connectivity index is 1.93. The molecule has 0 aliphatic carbocycles. The van der Waals surface area contributed by atoms with Gasteiger partial charge in [-0.05, 0) is 59.7 Å². The molecule has 0 aromatic heterocycles. The van der Waals surface area contributed by atoms with Crippen molar-refractivity contribution < 1.29 is 22.6 Å². The summed E-state index contributed by atoms with van der Waals surface area (Å²) in [5, 5.41) is 7.70. The maximum Gasteiger partial charge on any atom is 0.573 e. The van der Waals surface area contributed by atoms with Gasteiger partial charge in [0.1, 0.15) is 11.5 Å². The van der Waals surface area contributed by atoms with Crippen LogP contribution in [0.25, 0.3) is 0 Å². The maximum atomic E-state index is 12.0. The van der Waals surface area contributed by atoms with Crippen molar-refractivity contribution in [1.29, 1.82) is 0 Å². The van der Waals surface area contributed by atoms with Crippen LogP contribution >= 0.6 is 0 Å². The summed E-state index contributed by atoms with van der Waals surface area (Å²) in [6, 6.07) is 12.6. The fourth-order valence-corrected chi connectivity index (χ4v) is 1.65. The Morgan fingerprint density at radius 2 is 1.22 bits per heavy atom. The number of benzene rings is 2. The van der Waals surface area contributed by atoms with Crippen molar-refractivity contribution in [3.05, 3.63) is 59.7 Å². The zero-order chi connectivity index (χ0) is 16.7. The van der Waals surface area contributed by atoms with Crippen LogP contribution in [-0.2, 0) is 0 Å². The Labute approximate surface area is 130 Å². The van der Waals surface area contributed by atoms with Crippen molar-refractivity contribution >= 4 is 12.4 Å². The van der Waals surface area contributed by atoms with Gasteiger partial charge in [0.2, 0.25) is 0 Å². The highest BCUT2D eigenvalue weighted by atomic mass is 19.4. The molecule has 0 N–H and O–H groups in total. The van der Waals surface area contributed by atoms with E-state index < -0.39 is 6.36 Å². The number of hydrogen-bond donors (Lipinski definition) is 0. The van der Waals surface area contributed by atoms with Crippen LogP contribution in [0.15, 0.2) is 58.7 Å². The van der Waals surface area contributed by atoms with E-state index in [1.54, 1.807) is 25.5 Å². The monoisotopic (exact) mass is 322 g/mol. The zero-order valence-corrected chi connectivity index (χ0v) is 12.1. The van der Waals surface area contributed by atoms with E-state index in [1.165, 1.54) is 30.5 Å². The summed E-state index contributed by atoms with van der Waals surface area (Å²) in [5.74, 6) is 0.461. The summed E-state index contributed by atoms with van der Waals surface area (Å²) in [5.41, 5.74) is 1.45. The average Bonchev–Trinajstić information content (AvgIpc) is 2.52. The Kier molecular flexibility index (Phi) is 5.35. The second kappa shape index (κ2) is 7.44. The van der Waals surface area contributed by atoms with Crippen molar-refractivity contribution in [3.8, 4) is 11.5 Å². The predicted molar refractivity (Wildman–Crippen MR) is 81.3 cm³/mol. The van der Waals surface area contributed by atoms with Gasteiger partial charge in [-0.15, -0.1) is 13.2 Å². The van der Waals surface area contributed by atoms with Crippen LogP contribution in [0.1, 0.15) is 11.1 Å². The Bertz CT molecular complexity index is 678. The van der Waals surface area contributed by atoms with Gasteiger partial charge >= 0.3 is 6.36 Å². The SMILES string of the molecule is COc1ccc(/C=N/N=C/c2ccc(OC(F)(F)F)cc2)cc1. The molecule has 0 heterocycles. The number of methoxy groups -OCH3 is 1. The number of ether oxygens (including phenoxy) is 2. The van der Waals surface area contributed by atoms with Crippen LogP contribution in [0.3, 0.4) is 0 Å². The molecule has 2 aromatic rings. The molecule has 23 heavy (non-hydrogen) atoms. The highest BCUT2D eigenvalue weighted by Crippen LogP contribution is 2.22. The normalized spacial score (nSPS) is 12.0. The molecule has 0 bridgehead atoms. The average molecular weight is 322 g/mol. The van der Waals surface area contributed by atoms with Gasteiger partial charge in [0.25, 0.3) is 0 Å². The third-order valence-corrected chi connectivity index (χ3v) is 2.71. The van der Waals surface area contributed by atoms with Gasteiger partial charge < -0.3 is 9.47 Å². The van der Waals surface area contributed by atoms with Crippen LogP contribution < -0.4 is 9.47 Å². The minimum absolute atomic E-state index is 0.281. The van der Waals surface area contributed by atoms with Gasteiger partial charge in [-0.2, -0.15) is 10.2 Å². The Hall–Kier alpha value is -2.83. The molecule has 0 fully saturated rings. The standard InChI is InChI=1S/C16H13F3N2O2/c1-22-14-6-2-12(3-7-14)10-20-21-11-13-4-8-15(9-5-13)23-16(17,18)19/h2-11H,1H3/b20-10+,21-11+. The topological polar surface area (TPSA) is 43.2 Å². The van der Waals surface area contributed by atoms with Crippen LogP contribution in [-0.4, -0.2) is 25.9 Å². The van der Waals surface area contributed by atoms with Crippen LogP contribution in [0.4, 0.5) is 13.2 Å². The smallest absolute Gasteiger partial charge is 0.497 e. The van der Waals surface area contributed by atoms with E-state index in [9.17, 15) is 13.2 Å². The van der Waals surface area contributed by atoms with Crippen molar-refractivity contribution in [2.24, 2.45) is 10.2 Å². The van der Waals surface area contributed by atoms with E-state index in [1.807, 2.05) is 12.1 Å². The highest BCUT2D eigenvalue weighted by molar-refractivity contribution is 5.82. The number of halogens is 3. The summed E-state index contributed by atoms with van der Waals surface area (Å²) in [6.45, 7) is 0. The molecule has 4 nitrogen and oxygen atoms in total. The largest absolute Gasteiger partial charge is 0.573 e. The van der Waals surface area contributed by atoms with E-state index in [-0.39, 0.29) is 5.75 Å². The molecule has 2 aromatic carbocycles. The second-order valence-electron chi connectivity index (χ2n) is 4.38. The van der Waals surface area contributed by atoms with E-state index in [2.05, 4.69) is 14.9 Å². The lowest BCUT2D eigenvalue weighted by atomic mass is 10.2. The minimum Gasteiger partial charge on any atom is -0.497 e. The third kappa shape index (κ3) is 5.82. The first-order valence-electron chi connectivity index (χ1n) is 6.52. The van der Waals surface area contributed by atoms with Gasteiger partial charge in [-0.1, -0.05) is 0 Å². The maximum absolute atomic E-state index is 12.0. The zero-order valence-electron chi connectivity index (χ0n) is 12.1. The van der Waals surface area contributed by atoms with Gasteiger partial charge in [0.15, 0.2) is 0 Å². The molecule has 0 spiro atoms. The number of hydrogen-bond acceptors (Lipinski definition) is 4. The van der Waals surface area contributed by atoms with E-state index in [4.69, 9.17) is 4.74 Å². The quantitative estimate of drug-likeness (QED) is 0.616. The number of rotatable bonds is 5. The van der Waals surface area contributed by atoms with Crippen molar-refractivity contribution in [2.45, 2.75) is 6.36 Å². The molecule has 120 valence electrons. The summed E-state index contributed by atoms with van der Waals surface area (Å²) in [6.07, 6.45) is -1.72. The molecule has 0 radical (unpaired) electrons. The van der Waals surface area contributed by atoms with Gasteiger partial charge in [0, 0.05) is 0 Å². The predicted octanol–water partition coefficient (Wildman–Crippen LogP) is 4.05. The fraction of sp³-hybridized carbons (Fsp3) is 0.125. The molecular weight excluding hydrogens is 309 g/mol. The molecule has 0 atom stereocenters. The van der Waals surface area contributed by atoms with E-state index in [0.29, 0.717) is 5.56 Å². The number of alkyl halides is 3. The summed E-state index contributed by atoms with van der Waals surface area (Å²) in [4.78, 5) is 0. The summed E-state index contributed by atoms with van der Waals surface area (Å²) < 4.78 is 44.9. The summed E-state index contributed by atoms with van der Waals surface area (Å²) in [7, 11) is 1.58. The van der Waals surface area contributed by atoms with Crippen LogP contribution in [0.2, 0.25) is 0 Å². The first-order valence-corrected chi connectivity index (χ1v) is 6.52. The van der Waals surface area contributed by atoms with Crippen LogP contribution in [0, 0.1) is 0 Å². The third-order valence-electron chi connectivity index (χ3n) is 2.71. The first-order chi connectivity index (χ1) is 11.0. The molecular formula is C16H13F3N2O2. The molecule has 0 amide bonds. The van der Waals surface area contributed by atoms with E-state index in [0.717, 1.165) is 11.3 Å². The lowest BCUT2D eigenvalue weighted by Crippen LogP contribution is -2.16. The van der Waals surface area contributed by atoms with Gasteiger partial charge in [0.05, 0.1) is 19.5 Å². The molecule has 0 aliphatic heterocycles. The lowest BCUT2D eigenvalue weighted by Gasteiger charge is -2.08. The number of nitrogens with zero attached hydrogens (tertiary/aromatic N) is 2. The Morgan fingerprint density at radius 3 is 1.61 bits per heavy atom. The summed E-state index contributed by atoms with van der Waals surface area (Å²) >= 11 is 0. The highest BCUT2D eigenvalue weighted by Gasteiger charge is 2.30. The fourth-order valence-electron chi connectivity index (χ4n) is 1.65. The molecule has 0 unspecified atom stereocenters. The van der Waals surface area contributed by atoms with E-state index >= 15 is 0 Å². The lowest BCUT2D eigenvalue weighted by molar-refractivity contribution is -0.274. The van der Waals surface area contributed by atoms with Gasteiger partial charge in [-0.25, -0.2) is 0 Å². The molecule has 0 saturated heterocycles.